The molecule has 3 heterocycles. The molecule has 4 N–H and O–H groups in total. The van der Waals surface area contributed by atoms with Crippen molar-refractivity contribution < 1.29 is 29.4 Å². The highest BCUT2D eigenvalue weighted by Gasteiger charge is 2.36. The minimum Gasteiger partial charge on any atom is -0.392 e. The van der Waals surface area contributed by atoms with Crippen molar-refractivity contribution in [1.29, 1.82) is 0 Å². The summed E-state index contributed by atoms with van der Waals surface area (Å²) in [6, 6.07) is 25.3. The molecular weight excluding hydrogens is 644 g/mol. The molecule has 6 rings (SSSR count). The Morgan fingerprint density at radius 1 is 0.765 bits per heavy atom. The summed E-state index contributed by atoms with van der Waals surface area (Å²) in [6.07, 6.45) is 8.07. The van der Waals surface area contributed by atoms with Gasteiger partial charge in [0, 0.05) is 50.5 Å². The number of likely N-dealkylation sites (tertiary alicyclic amines) is 2. The van der Waals surface area contributed by atoms with Crippen LogP contribution in [0.2, 0.25) is 0 Å². The first-order chi connectivity index (χ1) is 25.0. The lowest BCUT2D eigenvalue weighted by atomic mass is 9.98. The lowest BCUT2D eigenvalue weighted by Crippen LogP contribution is -2.45. The number of carbonyl (C=O) groups excluding carboxylic acids is 2. The summed E-state index contributed by atoms with van der Waals surface area (Å²) >= 11 is 0. The molecule has 3 aliphatic rings. The maximum atomic E-state index is 12.4. The Morgan fingerprint density at radius 2 is 1.51 bits per heavy atom. The second-order valence-electron chi connectivity index (χ2n) is 14.3. The number of hydrogen-bond donors (Lipinski definition) is 4. The maximum Gasteiger partial charge on any atom is 0.243 e. The first-order valence-corrected chi connectivity index (χ1v) is 18.8. The van der Waals surface area contributed by atoms with Crippen molar-refractivity contribution in [1.82, 2.24) is 20.6 Å². The SMILES string of the molecule is O=C(CCCCCC(=O)NCc1cccc(-c2ccc([C@@H]3O[C@H](CN4CCC[C@H]4CN4CCCC4)C[C@H](c4ccc(CO)cc4)O3)cc2)c1)NO. The molecule has 0 unspecified atom stereocenters. The number of hydrogen-bond acceptors (Lipinski definition) is 8. The summed E-state index contributed by atoms with van der Waals surface area (Å²) in [5.41, 5.74) is 7.77. The van der Waals surface area contributed by atoms with Gasteiger partial charge in [0.05, 0.1) is 18.8 Å². The maximum absolute atomic E-state index is 12.4. The van der Waals surface area contributed by atoms with Gasteiger partial charge < -0.3 is 24.8 Å². The lowest BCUT2D eigenvalue weighted by Gasteiger charge is -2.39. The van der Waals surface area contributed by atoms with Crippen molar-refractivity contribution in [2.24, 2.45) is 0 Å². The number of nitrogens with one attached hydrogen (secondary N) is 2. The highest BCUT2D eigenvalue weighted by Crippen LogP contribution is 2.39. The molecule has 0 spiro atoms. The normalized spacial score (nSPS) is 22.6. The summed E-state index contributed by atoms with van der Waals surface area (Å²) in [4.78, 5) is 28.8. The van der Waals surface area contributed by atoms with Crippen LogP contribution in [0, 0.1) is 0 Å². The summed E-state index contributed by atoms with van der Waals surface area (Å²) in [5, 5.41) is 21.2. The molecule has 0 bridgehead atoms. The lowest BCUT2D eigenvalue weighted by molar-refractivity contribution is -0.253. The Bertz CT molecular complexity index is 1540. The van der Waals surface area contributed by atoms with Crippen LogP contribution in [0.4, 0.5) is 0 Å². The Labute approximate surface area is 302 Å². The topological polar surface area (TPSA) is 124 Å². The molecule has 10 nitrogen and oxygen atoms in total. The van der Waals surface area contributed by atoms with Crippen LogP contribution in [0.25, 0.3) is 11.1 Å². The molecule has 2 amide bonds. The number of carbonyl (C=O) groups is 2. The molecule has 0 radical (unpaired) electrons. The Balaban J connectivity index is 1.08. The minimum atomic E-state index is -0.492. The highest BCUT2D eigenvalue weighted by atomic mass is 16.7. The highest BCUT2D eigenvalue weighted by molar-refractivity contribution is 5.76. The van der Waals surface area contributed by atoms with Gasteiger partial charge in [-0.3, -0.25) is 19.7 Å². The van der Waals surface area contributed by atoms with E-state index >= 15 is 0 Å². The van der Waals surface area contributed by atoms with Crippen LogP contribution in [-0.2, 0) is 32.2 Å². The molecule has 10 heteroatoms. The van der Waals surface area contributed by atoms with Crippen molar-refractivity contribution in [3.05, 3.63) is 95.1 Å². The van der Waals surface area contributed by atoms with E-state index in [0.29, 0.717) is 31.8 Å². The quantitative estimate of drug-likeness (QED) is 0.0814. The largest absolute Gasteiger partial charge is 0.392 e. The number of nitrogens with zero attached hydrogens (tertiary/aromatic N) is 2. The van der Waals surface area contributed by atoms with E-state index < -0.39 is 12.2 Å². The van der Waals surface area contributed by atoms with Crippen LogP contribution in [0.15, 0.2) is 72.8 Å². The molecule has 3 aliphatic heterocycles. The summed E-state index contributed by atoms with van der Waals surface area (Å²) in [7, 11) is 0. The van der Waals surface area contributed by atoms with Crippen molar-refractivity contribution in [2.45, 2.75) is 102 Å². The van der Waals surface area contributed by atoms with Crippen LogP contribution in [-0.4, -0.2) is 76.8 Å². The minimum absolute atomic E-state index is 0.0170. The molecule has 3 fully saturated rings. The average Bonchev–Trinajstić information content (AvgIpc) is 3.86. The second kappa shape index (κ2) is 18.7. The summed E-state index contributed by atoms with van der Waals surface area (Å²) < 4.78 is 13.4. The smallest absolute Gasteiger partial charge is 0.243 e. The van der Waals surface area contributed by atoms with Crippen LogP contribution in [0.5, 0.6) is 0 Å². The summed E-state index contributed by atoms with van der Waals surface area (Å²) in [6.45, 7) is 6.08. The fourth-order valence-electron chi connectivity index (χ4n) is 7.69. The molecule has 0 aromatic heterocycles. The van der Waals surface area contributed by atoms with Crippen molar-refractivity contribution in [3.8, 4) is 11.1 Å². The fraction of sp³-hybridized carbons (Fsp3) is 0.512. The molecule has 3 aromatic rings. The van der Waals surface area contributed by atoms with E-state index in [1.54, 1.807) is 5.48 Å². The van der Waals surface area contributed by atoms with E-state index in [-0.39, 0.29) is 31.1 Å². The first kappa shape index (κ1) is 37.1. The number of hydroxylamine groups is 1. The van der Waals surface area contributed by atoms with E-state index in [1.165, 1.54) is 38.8 Å². The molecule has 51 heavy (non-hydrogen) atoms. The second-order valence-corrected chi connectivity index (χ2v) is 14.3. The number of benzene rings is 3. The van der Waals surface area contributed by atoms with Gasteiger partial charge >= 0.3 is 0 Å². The molecule has 3 aromatic carbocycles. The van der Waals surface area contributed by atoms with Crippen molar-refractivity contribution in [3.63, 3.8) is 0 Å². The van der Waals surface area contributed by atoms with Crippen molar-refractivity contribution in [2.75, 3.05) is 32.7 Å². The zero-order valence-corrected chi connectivity index (χ0v) is 29.7. The standard InChI is InChI=1S/C41H54N4O6/c46-29-30-13-15-33(16-14-30)38-25-37(28-45-23-7-10-36(45)27-44-21-4-5-22-44)50-41(51-38)34-19-17-32(18-20-34)35-9-6-8-31(24-35)26-42-39(47)11-2-1-3-12-40(48)43-49/h6,8-9,13-20,24,36-38,41,46,49H,1-5,7,10-12,21-23,25-29H2,(H,42,47)(H,43,48)/t36-,37-,38+,41+/m0/s1. The van der Waals surface area contributed by atoms with Crippen LogP contribution < -0.4 is 10.8 Å². The van der Waals surface area contributed by atoms with Gasteiger partial charge in [-0.25, -0.2) is 5.48 Å². The number of aliphatic hydroxyl groups excluding tert-OH is 1. The predicted octanol–water partition coefficient (Wildman–Crippen LogP) is 6.02. The molecule has 0 aliphatic carbocycles. The zero-order valence-electron chi connectivity index (χ0n) is 29.7. The van der Waals surface area contributed by atoms with E-state index in [1.807, 2.05) is 24.3 Å². The van der Waals surface area contributed by atoms with Gasteiger partial charge in [0.25, 0.3) is 0 Å². The number of aliphatic hydroxyl groups is 1. The molecule has 0 saturated carbocycles. The number of unbranched alkanes of at least 4 members (excludes halogenated alkanes) is 2. The third-order valence-corrected chi connectivity index (χ3v) is 10.6. The molecule has 4 atom stereocenters. The monoisotopic (exact) mass is 698 g/mol. The van der Waals surface area contributed by atoms with Gasteiger partial charge in [0.15, 0.2) is 6.29 Å². The number of amides is 2. The number of rotatable bonds is 16. The Hall–Kier alpha value is -3.64. The van der Waals surface area contributed by atoms with Crippen LogP contribution in [0.1, 0.15) is 98.9 Å². The van der Waals surface area contributed by atoms with E-state index in [4.69, 9.17) is 14.7 Å². The third-order valence-electron chi connectivity index (χ3n) is 10.6. The Morgan fingerprint density at radius 3 is 2.25 bits per heavy atom. The van der Waals surface area contributed by atoms with Gasteiger partial charge in [0.1, 0.15) is 0 Å². The first-order valence-electron chi connectivity index (χ1n) is 18.8. The van der Waals surface area contributed by atoms with Gasteiger partial charge in [-0.05, 0) is 92.0 Å². The number of ether oxygens (including phenoxy) is 2. The fourth-order valence-corrected chi connectivity index (χ4v) is 7.69. The van der Waals surface area contributed by atoms with Gasteiger partial charge in [-0.2, -0.15) is 0 Å². The molecular formula is C41H54N4O6. The van der Waals surface area contributed by atoms with E-state index in [9.17, 15) is 14.7 Å². The van der Waals surface area contributed by atoms with Gasteiger partial charge in [-0.15, -0.1) is 0 Å². The van der Waals surface area contributed by atoms with Crippen LogP contribution >= 0.6 is 0 Å². The van der Waals surface area contributed by atoms with Gasteiger partial charge in [0.2, 0.25) is 11.8 Å². The summed E-state index contributed by atoms with van der Waals surface area (Å²) in [5.74, 6) is -0.417. The Kier molecular flexibility index (Phi) is 13.6. The average molecular weight is 699 g/mol. The van der Waals surface area contributed by atoms with E-state index in [2.05, 4.69) is 63.6 Å². The molecule has 274 valence electrons. The van der Waals surface area contributed by atoms with Crippen LogP contribution in [0.3, 0.4) is 0 Å². The zero-order chi connectivity index (χ0) is 35.4. The predicted molar refractivity (Wildman–Crippen MR) is 195 cm³/mol. The molecule has 3 saturated heterocycles. The van der Waals surface area contributed by atoms with Gasteiger partial charge in [-0.1, -0.05) is 73.2 Å². The van der Waals surface area contributed by atoms with E-state index in [0.717, 1.165) is 65.9 Å². The third kappa shape index (κ3) is 10.7. The van der Waals surface area contributed by atoms with Crippen molar-refractivity contribution >= 4 is 11.8 Å².